The number of rotatable bonds is 3. The van der Waals surface area contributed by atoms with E-state index in [2.05, 4.69) is 41.5 Å². The second kappa shape index (κ2) is 9.03. The largest absolute Gasteiger partial charge is 0.481 e. The number of carboxylic acid groups (broad SMARTS) is 1. The molecule has 0 aromatic carbocycles. The first-order chi connectivity index (χ1) is 19.5. The average Bonchev–Trinajstić information content (AvgIpc) is 2.92. The van der Waals surface area contributed by atoms with Gasteiger partial charge in [-0.05, 0) is 87.0 Å². The number of carboxylic acids is 1. The van der Waals surface area contributed by atoms with Crippen LogP contribution in [0.3, 0.4) is 0 Å². The molecule has 1 spiro atoms. The van der Waals surface area contributed by atoms with Gasteiger partial charge in [-0.25, -0.2) is 4.79 Å². The maximum absolute atomic E-state index is 14.6. The molecular weight excluding hydrogens is 532 g/mol. The van der Waals surface area contributed by atoms with Crippen LogP contribution in [0.4, 0.5) is 0 Å². The summed E-state index contributed by atoms with van der Waals surface area (Å²) in [6.07, 6.45) is 7.16. The van der Waals surface area contributed by atoms with Crippen molar-refractivity contribution < 1.29 is 34.1 Å². The summed E-state index contributed by atoms with van der Waals surface area (Å²) in [5.74, 6) is -2.79. The summed E-state index contributed by atoms with van der Waals surface area (Å²) in [7, 11) is 0. The van der Waals surface area contributed by atoms with Gasteiger partial charge in [-0.2, -0.15) is 0 Å². The van der Waals surface area contributed by atoms with Crippen LogP contribution in [0.2, 0.25) is 0 Å². The number of allylic oxidation sites excluding steroid dienone is 3. The Labute approximate surface area is 250 Å². The van der Waals surface area contributed by atoms with Crippen molar-refractivity contribution in [2.45, 2.75) is 112 Å². The second-order valence-corrected chi connectivity index (χ2v) is 16.1. The normalized spacial score (nSPS) is 50.9. The molecule has 11 atom stereocenters. The molecule has 2 bridgehead atoms. The zero-order valence-corrected chi connectivity index (χ0v) is 26.7. The monoisotopic (exact) mass is 582 g/mol. The summed E-state index contributed by atoms with van der Waals surface area (Å²) in [6, 6.07) is 0. The maximum Gasteiger partial charge on any atom is 0.333 e. The molecule has 0 amide bonds. The van der Waals surface area contributed by atoms with Gasteiger partial charge in [-0.3, -0.25) is 9.59 Å². The molecule has 7 nitrogen and oxygen atoms in total. The van der Waals surface area contributed by atoms with Crippen molar-refractivity contribution in [1.82, 2.24) is 0 Å². The summed E-state index contributed by atoms with van der Waals surface area (Å²) >= 11 is 0. The molecule has 2 saturated heterocycles. The van der Waals surface area contributed by atoms with Crippen LogP contribution < -0.4 is 0 Å². The Balaban J connectivity index is 1.55. The van der Waals surface area contributed by atoms with E-state index in [1.165, 1.54) is 0 Å². The predicted molar refractivity (Wildman–Crippen MR) is 157 cm³/mol. The van der Waals surface area contributed by atoms with E-state index in [4.69, 9.17) is 9.47 Å². The van der Waals surface area contributed by atoms with Gasteiger partial charge in [0.15, 0.2) is 11.6 Å². The highest BCUT2D eigenvalue weighted by molar-refractivity contribution is 5.96. The lowest BCUT2D eigenvalue weighted by Gasteiger charge is -2.74. The molecule has 7 heteroatoms. The number of ketones is 1. The van der Waals surface area contributed by atoms with Gasteiger partial charge in [-0.15, -0.1) is 0 Å². The lowest BCUT2D eigenvalue weighted by Crippen LogP contribution is -2.75. The Morgan fingerprint density at radius 1 is 1.07 bits per heavy atom. The Bertz CT molecular complexity index is 1280. The van der Waals surface area contributed by atoms with E-state index < -0.39 is 56.8 Å². The first-order valence-corrected chi connectivity index (χ1v) is 16.2. The molecule has 42 heavy (non-hydrogen) atoms. The van der Waals surface area contributed by atoms with Crippen molar-refractivity contribution in [1.29, 1.82) is 0 Å². The van der Waals surface area contributed by atoms with E-state index in [9.17, 15) is 24.6 Å². The molecule has 7 aliphatic rings. The van der Waals surface area contributed by atoms with Crippen LogP contribution in [-0.4, -0.2) is 46.4 Å². The van der Waals surface area contributed by atoms with Crippen LogP contribution in [0.25, 0.3) is 0 Å². The summed E-state index contributed by atoms with van der Waals surface area (Å²) in [6.45, 7) is 16.8. The third kappa shape index (κ3) is 3.33. The zero-order chi connectivity index (χ0) is 30.8. The molecule has 0 aromatic heterocycles. The van der Waals surface area contributed by atoms with Crippen molar-refractivity contribution >= 4 is 17.7 Å². The van der Waals surface area contributed by atoms with Gasteiger partial charge in [0.1, 0.15) is 11.5 Å². The van der Waals surface area contributed by atoms with E-state index in [0.717, 1.165) is 31.3 Å². The van der Waals surface area contributed by atoms with Gasteiger partial charge in [0.05, 0.1) is 6.61 Å². The van der Waals surface area contributed by atoms with E-state index in [1.807, 2.05) is 6.08 Å². The Morgan fingerprint density at radius 3 is 2.36 bits per heavy atom. The molecule has 0 aromatic rings. The molecule has 5 aliphatic carbocycles. The molecule has 2 N–H and O–H groups in total. The van der Waals surface area contributed by atoms with Crippen molar-refractivity contribution in [3.63, 3.8) is 0 Å². The third-order valence-electron chi connectivity index (χ3n) is 14.6. The summed E-state index contributed by atoms with van der Waals surface area (Å²) in [4.78, 5) is 41.4. The maximum atomic E-state index is 14.6. The SMILES string of the molecule is C/C=C(/C)C(=O)O[C@H]1C[C@]2(C)C(=CC(=O)[C@@H]3[C@]45CC[C@](O)(OC4)C(C)(C)[C@@H]5CC[C@]32C)[C@@H]2[C@@H](C)[C@H](C)CC[C@]12C(=O)O. The molecule has 0 radical (unpaired) electrons. The van der Waals surface area contributed by atoms with Crippen molar-refractivity contribution in [3.05, 3.63) is 23.3 Å². The number of esters is 1. The van der Waals surface area contributed by atoms with Gasteiger partial charge in [-0.1, -0.05) is 53.2 Å². The van der Waals surface area contributed by atoms with Crippen LogP contribution in [0.1, 0.15) is 100 Å². The number of aliphatic carboxylic acids is 1. The second-order valence-electron chi connectivity index (χ2n) is 16.1. The van der Waals surface area contributed by atoms with Crippen LogP contribution in [0.5, 0.6) is 0 Å². The summed E-state index contributed by atoms with van der Waals surface area (Å²) in [5.41, 5.74) is -1.78. The molecule has 2 heterocycles. The van der Waals surface area contributed by atoms with Crippen molar-refractivity contribution in [2.24, 2.45) is 56.7 Å². The standard InChI is InChI=1S/C35H50O7/c1-9-19(2)28(37)42-25-17-32(8)22(26-21(4)20(3)10-13-34(25,26)29(38)39)16-23(36)27-31(32,7)12-11-24-30(5,6)35(40)15-14-33(24,27)18-41-35/h9,16,20-21,24-27,40H,10-15,17-18H2,1-8H3,(H,38,39)/b19-9-/t20-,21+,24+,25+,26+,27+,31-,32-,33-,34+,35+/m1/s1. The number of carbonyl (C=O) groups excluding carboxylic acids is 2. The van der Waals surface area contributed by atoms with Gasteiger partial charge in [0.25, 0.3) is 0 Å². The van der Waals surface area contributed by atoms with Crippen LogP contribution >= 0.6 is 0 Å². The molecular formula is C35H50O7. The van der Waals surface area contributed by atoms with Gasteiger partial charge in [0, 0.05) is 34.7 Å². The average molecular weight is 583 g/mol. The zero-order valence-electron chi connectivity index (χ0n) is 26.7. The smallest absolute Gasteiger partial charge is 0.333 e. The molecule has 0 unspecified atom stereocenters. The van der Waals surface area contributed by atoms with E-state index >= 15 is 0 Å². The molecule has 7 rings (SSSR count). The molecule has 232 valence electrons. The Hall–Kier alpha value is -1.99. The fourth-order valence-corrected chi connectivity index (χ4v) is 11.6. The van der Waals surface area contributed by atoms with Crippen LogP contribution in [0, 0.1) is 56.7 Å². The van der Waals surface area contributed by atoms with Crippen LogP contribution in [-0.2, 0) is 23.9 Å². The minimum Gasteiger partial charge on any atom is -0.481 e. The van der Waals surface area contributed by atoms with Gasteiger partial charge in [0.2, 0.25) is 0 Å². The molecule has 6 fully saturated rings. The van der Waals surface area contributed by atoms with Crippen molar-refractivity contribution in [2.75, 3.05) is 6.61 Å². The number of fused-ring (bicyclic) bond motifs is 7. The first-order valence-electron chi connectivity index (χ1n) is 16.2. The Morgan fingerprint density at radius 2 is 1.76 bits per heavy atom. The predicted octanol–water partition coefficient (Wildman–Crippen LogP) is 6.09. The van der Waals surface area contributed by atoms with E-state index in [0.29, 0.717) is 31.4 Å². The fourth-order valence-electron chi connectivity index (χ4n) is 11.6. The number of carbonyl (C=O) groups is 3. The topological polar surface area (TPSA) is 110 Å². The Kier molecular flexibility index (Phi) is 6.46. The number of hydrogen-bond acceptors (Lipinski definition) is 6. The fraction of sp³-hybridized carbons (Fsp3) is 0.800. The number of ether oxygens (including phenoxy) is 2. The van der Waals surface area contributed by atoms with Crippen molar-refractivity contribution in [3.8, 4) is 0 Å². The van der Waals surface area contributed by atoms with E-state index in [-0.39, 0.29) is 29.5 Å². The van der Waals surface area contributed by atoms with Crippen LogP contribution in [0.15, 0.2) is 23.3 Å². The molecule has 2 aliphatic heterocycles. The minimum atomic E-state index is -1.28. The van der Waals surface area contributed by atoms with Gasteiger partial charge >= 0.3 is 11.9 Å². The lowest BCUT2D eigenvalue weighted by atomic mass is 9.32. The number of aliphatic hydroxyl groups is 1. The lowest BCUT2D eigenvalue weighted by molar-refractivity contribution is -0.392. The van der Waals surface area contributed by atoms with Gasteiger partial charge < -0.3 is 19.7 Å². The number of hydrogen-bond donors (Lipinski definition) is 2. The quantitative estimate of drug-likeness (QED) is 0.306. The highest BCUT2D eigenvalue weighted by Gasteiger charge is 2.77. The molecule has 4 saturated carbocycles. The summed E-state index contributed by atoms with van der Waals surface area (Å²) < 4.78 is 12.5. The highest BCUT2D eigenvalue weighted by Crippen LogP contribution is 2.77. The summed E-state index contributed by atoms with van der Waals surface area (Å²) in [5, 5.41) is 22.5. The van der Waals surface area contributed by atoms with E-state index in [1.54, 1.807) is 19.9 Å². The first kappa shape index (κ1) is 30.1. The minimum absolute atomic E-state index is 0.00817. The highest BCUT2D eigenvalue weighted by atomic mass is 16.6. The third-order valence-corrected chi connectivity index (χ3v) is 14.6.